The summed E-state index contributed by atoms with van der Waals surface area (Å²) in [7, 11) is 1.75. The average Bonchev–Trinajstić information content (AvgIpc) is 3.08. The first-order chi connectivity index (χ1) is 10.3. The summed E-state index contributed by atoms with van der Waals surface area (Å²) in [6.07, 6.45) is 6.53. The van der Waals surface area contributed by atoms with Crippen molar-refractivity contribution in [2.24, 2.45) is 0 Å². The van der Waals surface area contributed by atoms with Gasteiger partial charge in [0.05, 0.1) is 12.3 Å². The Morgan fingerprint density at radius 1 is 1.38 bits per heavy atom. The van der Waals surface area contributed by atoms with Crippen LogP contribution in [0.3, 0.4) is 0 Å². The van der Waals surface area contributed by atoms with Crippen molar-refractivity contribution in [1.29, 1.82) is 0 Å². The van der Waals surface area contributed by atoms with Crippen molar-refractivity contribution in [2.45, 2.75) is 57.5 Å². The molecule has 1 atom stereocenters. The highest BCUT2D eigenvalue weighted by molar-refractivity contribution is 7.15. The summed E-state index contributed by atoms with van der Waals surface area (Å²) in [6, 6.07) is 0.706. The number of hydrogen-bond acceptors (Lipinski definition) is 5. The van der Waals surface area contributed by atoms with Gasteiger partial charge in [0.25, 0.3) is 0 Å². The maximum atomic E-state index is 5.10. The fourth-order valence-corrected chi connectivity index (χ4v) is 4.38. The van der Waals surface area contributed by atoms with Crippen molar-refractivity contribution in [3.63, 3.8) is 0 Å². The highest BCUT2D eigenvalue weighted by Gasteiger charge is 2.32. The van der Waals surface area contributed by atoms with E-state index in [-0.39, 0.29) is 0 Å². The monoisotopic (exact) mass is 309 g/mol. The summed E-state index contributed by atoms with van der Waals surface area (Å²) in [4.78, 5) is 9.02. The molecule has 5 heteroatoms. The van der Waals surface area contributed by atoms with E-state index < -0.39 is 0 Å². The van der Waals surface area contributed by atoms with Crippen LogP contribution in [0.2, 0.25) is 0 Å². The zero-order valence-corrected chi connectivity index (χ0v) is 14.0. The van der Waals surface area contributed by atoms with E-state index in [0.29, 0.717) is 6.04 Å². The van der Waals surface area contributed by atoms with Crippen molar-refractivity contribution < 1.29 is 4.74 Å². The SMILES string of the molecule is CCC1CCCN1c1nc(C2CC2)c(CNCCOC)s1. The van der Waals surface area contributed by atoms with Gasteiger partial charge in [-0.3, -0.25) is 0 Å². The lowest BCUT2D eigenvalue weighted by Gasteiger charge is -2.22. The molecule has 1 aromatic rings. The molecule has 0 bridgehead atoms. The van der Waals surface area contributed by atoms with Crippen LogP contribution in [0.1, 0.15) is 55.5 Å². The van der Waals surface area contributed by atoms with E-state index in [4.69, 9.17) is 9.72 Å². The second-order valence-electron chi connectivity index (χ2n) is 6.15. The zero-order valence-electron chi connectivity index (χ0n) is 13.2. The standard InChI is InChI=1S/C16H27N3OS/c1-3-13-5-4-9-19(13)16-18-15(12-6-7-12)14(21-16)11-17-8-10-20-2/h12-13,17H,3-11H2,1-2H3. The van der Waals surface area contributed by atoms with Crippen LogP contribution in [-0.2, 0) is 11.3 Å². The lowest BCUT2D eigenvalue weighted by Crippen LogP contribution is -2.28. The van der Waals surface area contributed by atoms with E-state index >= 15 is 0 Å². The number of nitrogens with one attached hydrogen (secondary N) is 1. The fourth-order valence-electron chi connectivity index (χ4n) is 3.16. The van der Waals surface area contributed by atoms with Crippen molar-refractivity contribution in [1.82, 2.24) is 10.3 Å². The predicted octanol–water partition coefficient (Wildman–Crippen LogP) is 3.14. The number of ether oxygens (including phenoxy) is 1. The molecule has 1 aliphatic heterocycles. The lowest BCUT2D eigenvalue weighted by molar-refractivity contribution is 0.199. The molecule has 0 amide bonds. The number of methoxy groups -OCH3 is 1. The average molecular weight is 309 g/mol. The molecule has 1 N–H and O–H groups in total. The summed E-state index contributed by atoms with van der Waals surface area (Å²) in [6.45, 7) is 6.11. The van der Waals surface area contributed by atoms with Gasteiger partial charge in [0.15, 0.2) is 5.13 Å². The highest BCUT2D eigenvalue weighted by Crippen LogP contribution is 2.45. The van der Waals surface area contributed by atoms with Crippen LogP contribution in [0.25, 0.3) is 0 Å². The van der Waals surface area contributed by atoms with Crippen LogP contribution in [0.15, 0.2) is 0 Å². The number of aromatic nitrogens is 1. The van der Waals surface area contributed by atoms with Crippen molar-refractivity contribution in [2.75, 3.05) is 31.7 Å². The van der Waals surface area contributed by atoms with Gasteiger partial charge in [-0.25, -0.2) is 4.98 Å². The third-order valence-electron chi connectivity index (χ3n) is 4.54. The van der Waals surface area contributed by atoms with Crippen molar-refractivity contribution in [3.05, 3.63) is 10.6 Å². The van der Waals surface area contributed by atoms with Crippen LogP contribution >= 0.6 is 11.3 Å². The van der Waals surface area contributed by atoms with Crippen LogP contribution in [0, 0.1) is 0 Å². The Kier molecular flexibility index (Phi) is 5.14. The Morgan fingerprint density at radius 3 is 2.95 bits per heavy atom. The van der Waals surface area contributed by atoms with Gasteiger partial charge in [0.1, 0.15) is 0 Å². The molecule has 0 aromatic carbocycles. The Labute approximate surface area is 131 Å². The minimum Gasteiger partial charge on any atom is -0.383 e. The number of rotatable bonds is 8. The summed E-state index contributed by atoms with van der Waals surface area (Å²) < 4.78 is 5.10. The van der Waals surface area contributed by atoms with Gasteiger partial charge in [-0.15, -0.1) is 11.3 Å². The van der Waals surface area contributed by atoms with E-state index in [1.54, 1.807) is 7.11 Å². The quantitative estimate of drug-likeness (QED) is 0.749. The first kappa shape index (κ1) is 15.3. The normalized spacial score (nSPS) is 22.2. The topological polar surface area (TPSA) is 37.4 Å². The van der Waals surface area contributed by atoms with E-state index in [2.05, 4.69) is 17.1 Å². The molecule has 2 aliphatic rings. The van der Waals surface area contributed by atoms with E-state index in [0.717, 1.165) is 25.6 Å². The third-order valence-corrected chi connectivity index (χ3v) is 5.65. The minimum absolute atomic E-state index is 0.706. The van der Waals surface area contributed by atoms with Gasteiger partial charge in [-0.1, -0.05) is 6.92 Å². The van der Waals surface area contributed by atoms with Crippen LogP contribution in [0.5, 0.6) is 0 Å². The van der Waals surface area contributed by atoms with Crippen LogP contribution in [-0.4, -0.2) is 37.8 Å². The number of hydrogen-bond donors (Lipinski definition) is 1. The van der Waals surface area contributed by atoms with Crippen LogP contribution < -0.4 is 10.2 Å². The second-order valence-corrected chi connectivity index (χ2v) is 7.21. The predicted molar refractivity (Wildman–Crippen MR) is 88.3 cm³/mol. The molecule has 2 fully saturated rings. The molecule has 21 heavy (non-hydrogen) atoms. The van der Waals surface area contributed by atoms with Gasteiger partial charge in [0, 0.05) is 43.6 Å². The van der Waals surface area contributed by atoms with Gasteiger partial charge < -0.3 is 15.0 Å². The third kappa shape index (κ3) is 3.58. The molecule has 3 rings (SSSR count). The Balaban J connectivity index is 1.70. The van der Waals surface area contributed by atoms with Gasteiger partial charge >= 0.3 is 0 Å². The van der Waals surface area contributed by atoms with Crippen LogP contribution in [0.4, 0.5) is 5.13 Å². The molecule has 2 heterocycles. The van der Waals surface area contributed by atoms with Crippen molar-refractivity contribution in [3.8, 4) is 0 Å². The summed E-state index contributed by atoms with van der Waals surface area (Å²) in [5.74, 6) is 0.733. The number of nitrogens with zero attached hydrogens (tertiary/aromatic N) is 2. The van der Waals surface area contributed by atoms with E-state index in [1.165, 1.54) is 54.4 Å². The molecule has 1 aromatic heterocycles. The highest BCUT2D eigenvalue weighted by atomic mass is 32.1. The molecular weight excluding hydrogens is 282 g/mol. The summed E-state index contributed by atoms with van der Waals surface area (Å²) >= 11 is 1.91. The van der Waals surface area contributed by atoms with E-state index in [9.17, 15) is 0 Å². The fraction of sp³-hybridized carbons (Fsp3) is 0.812. The molecule has 0 spiro atoms. The maximum absolute atomic E-state index is 5.10. The van der Waals surface area contributed by atoms with Gasteiger partial charge in [-0.05, 0) is 32.1 Å². The van der Waals surface area contributed by atoms with Gasteiger partial charge in [0.2, 0.25) is 0 Å². The summed E-state index contributed by atoms with van der Waals surface area (Å²) in [5, 5.41) is 4.75. The minimum atomic E-state index is 0.706. The van der Waals surface area contributed by atoms with Gasteiger partial charge in [-0.2, -0.15) is 0 Å². The molecule has 4 nitrogen and oxygen atoms in total. The molecule has 1 aliphatic carbocycles. The Bertz CT molecular complexity index is 458. The first-order valence-electron chi connectivity index (χ1n) is 8.29. The molecule has 1 unspecified atom stereocenters. The number of anilines is 1. The molecule has 118 valence electrons. The largest absolute Gasteiger partial charge is 0.383 e. The molecular formula is C16H27N3OS. The Morgan fingerprint density at radius 2 is 2.24 bits per heavy atom. The smallest absolute Gasteiger partial charge is 0.186 e. The maximum Gasteiger partial charge on any atom is 0.186 e. The molecule has 1 saturated carbocycles. The summed E-state index contributed by atoms with van der Waals surface area (Å²) in [5.41, 5.74) is 1.38. The number of thiazole rings is 1. The molecule has 0 radical (unpaired) electrons. The molecule has 1 saturated heterocycles. The lowest BCUT2D eigenvalue weighted by atomic mass is 10.2. The first-order valence-corrected chi connectivity index (χ1v) is 9.11. The zero-order chi connectivity index (χ0) is 14.7. The second kappa shape index (κ2) is 7.07. The Hall–Kier alpha value is -0.650. The van der Waals surface area contributed by atoms with Crippen molar-refractivity contribution >= 4 is 16.5 Å². The van der Waals surface area contributed by atoms with E-state index in [1.807, 2.05) is 11.3 Å².